The molecule has 0 radical (unpaired) electrons. The first kappa shape index (κ1) is 7.86. The number of nitrogens with zero attached hydrogens (tertiary/aromatic N) is 1. The highest BCUT2D eigenvalue weighted by Crippen LogP contribution is 2.53. The second-order valence-corrected chi connectivity index (χ2v) is 4.81. The van der Waals surface area contributed by atoms with E-state index in [0.717, 1.165) is 5.57 Å². The summed E-state index contributed by atoms with van der Waals surface area (Å²) in [5.74, 6) is 1.32. The molecule has 0 N–H and O–H groups in total. The molecule has 2 aliphatic rings. The Balaban J connectivity index is 2.03. The summed E-state index contributed by atoms with van der Waals surface area (Å²) in [5.41, 5.74) is 1.54. The van der Waals surface area contributed by atoms with Crippen LogP contribution in [-0.2, 0) is 0 Å². The van der Waals surface area contributed by atoms with Crippen LogP contribution in [0.5, 0.6) is 0 Å². The highest BCUT2D eigenvalue weighted by molar-refractivity contribution is 5.30. The Labute approximate surface area is 74.1 Å². The Morgan fingerprint density at radius 2 is 2.08 bits per heavy atom. The summed E-state index contributed by atoms with van der Waals surface area (Å²) in [6.45, 7) is 4.55. The van der Waals surface area contributed by atoms with Crippen LogP contribution in [0.3, 0.4) is 0 Å². The van der Waals surface area contributed by atoms with Gasteiger partial charge in [0.25, 0.3) is 0 Å². The molecule has 2 fully saturated rings. The van der Waals surface area contributed by atoms with Crippen LogP contribution in [0.25, 0.3) is 0 Å². The molecule has 1 nitrogen and oxygen atoms in total. The molecule has 0 aromatic carbocycles. The first-order valence-electron chi connectivity index (χ1n) is 4.75. The summed E-state index contributed by atoms with van der Waals surface area (Å²) in [6, 6.07) is 2.33. The van der Waals surface area contributed by atoms with E-state index >= 15 is 0 Å². The molecule has 12 heavy (non-hydrogen) atoms. The first-order valence-corrected chi connectivity index (χ1v) is 4.75. The van der Waals surface area contributed by atoms with E-state index in [1.165, 1.54) is 19.3 Å². The summed E-state index contributed by atoms with van der Waals surface area (Å²) in [4.78, 5) is 0. The normalized spacial score (nSPS) is 32.8. The minimum atomic E-state index is 0.483. The van der Waals surface area contributed by atoms with Crippen LogP contribution in [0.1, 0.15) is 33.1 Å². The van der Waals surface area contributed by atoms with Gasteiger partial charge in [-0.1, -0.05) is 19.9 Å². The SMILES string of the molecule is CC1(C)CC1C=C(C#N)C1CC1. The standard InChI is InChI=1S/C11H15N/c1-11(2)6-10(11)5-9(7-12)8-3-4-8/h5,8,10H,3-4,6H2,1-2H3. The summed E-state index contributed by atoms with van der Waals surface area (Å²) in [7, 11) is 0. The van der Waals surface area contributed by atoms with Gasteiger partial charge in [-0.25, -0.2) is 0 Å². The molecule has 0 saturated heterocycles. The summed E-state index contributed by atoms with van der Waals surface area (Å²) < 4.78 is 0. The molecule has 64 valence electrons. The molecule has 0 heterocycles. The van der Waals surface area contributed by atoms with Crippen LogP contribution in [0.4, 0.5) is 0 Å². The van der Waals surface area contributed by atoms with Crippen molar-refractivity contribution < 1.29 is 0 Å². The van der Waals surface area contributed by atoms with Gasteiger partial charge in [0, 0.05) is 5.57 Å². The third-order valence-corrected chi connectivity index (χ3v) is 3.12. The number of hydrogen-bond acceptors (Lipinski definition) is 1. The monoisotopic (exact) mass is 161 g/mol. The van der Waals surface area contributed by atoms with Gasteiger partial charge >= 0.3 is 0 Å². The van der Waals surface area contributed by atoms with Crippen molar-refractivity contribution in [1.82, 2.24) is 0 Å². The van der Waals surface area contributed by atoms with E-state index in [1.54, 1.807) is 0 Å². The highest BCUT2D eigenvalue weighted by Gasteiger charge is 2.44. The van der Waals surface area contributed by atoms with Gasteiger partial charge in [-0.3, -0.25) is 0 Å². The van der Waals surface area contributed by atoms with Crippen molar-refractivity contribution in [1.29, 1.82) is 5.26 Å². The van der Waals surface area contributed by atoms with Crippen molar-refractivity contribution in [3.63, 3.8) is 0 Å². The van der Waals surface area contributed by atoms with Gasteiger partial charge in [-0.05, 0) is 36.5 Å². The van der Waals surface area contributed by atoms with Crippen molar-refractivity contribution in [3.05, 3.63) is 11.6 Å². The molecule has 0 aliphatic heterocycles. The molecule has 0 spiro atoms. The molecule has 0 bridgehead atoms. The molecule has 2 saturated carbocycles. The fraction of sp³-hybridized carbons (Fsp3) is 0.727. The van der Waals surface area contributed by atoms with Crippen molar-refractivity contribution in [2.24, 2.45) is 17.3 Å². The zero-order valence-corrected chi connectivity index (χ0v) is 7.80. The Morgan fingerprint density at radius 1 is 1.50 bits per heavy atom. The van der Waals surface area contributed by atoms with E-state index in [9.17, 15) is 0 Å². The van der Waals surface area contributed by atoms with E-state index in [2.05, 4.69) is 26.0 Å². The second kappa shape index (κ2) is 2.36. The molecule has 0 aromatic heterocycles. The quantitative estimate of drug-likeness (QED) is 0.571. The van der Waals surface area contributed by atoms with Gasteiger partial charge < -0.3 is 0 Å². The Kier molecular flexibility index (Phi) is 1.54. The molecule has 2 aliphatic carbocycles. The van der Waals surface area contributed by atoms with Gasteiger partial charge in [0.2, 0.25) is 0 Å². The molecule has 1 atom stereocenters. The minimum Gasteiger partial charge on any atom is -0.193 e. The zero-order chi connectivity index (χ0) is 8.77. The van der Waals surface area contributed by atoms with Crippen LogP contribution >= 0.6 is 0 Å². The van der Waals surface area contributed by atoms with Crippen molar-refractivity contribution in [2.75, 3.05) is 0 Å². The lowest BCUT2D eigenvalue weighted by molar-refractivity contribution is 0.608. The molecule has 2 rings (SSSR count). The summed E-state index contributed by atoms with van der Waals surface area (Å²) in [6.07, 6.45) is 5.97. The minimum absolute atomic E-state index is 0.483. The fourth-order valence-electron chi connectivity index (χ4n) is 1.67. The maximum Gasteiger partial charge on any atom is 0.0946 e. The number of allylic oxidation sites excluding steroid dienone is 2. The predicted molar refractivity (Wildman–Crippen MR) is 48.3 cm³/mol. The lowest BCUT2D eigenvalue weighted by atomic mass is 10.1. The van der Waals surface area contributed by atoms with Crippen LogP contribution in [0.15, 0.2) is 11.6 Å². The number of rotatable bonds is 2. The average Bonchev–Trinajstić information content (AvgIpc) is 2.84. The molecule has 1 heteroatoms. The van der Waals surface area contributed by atoms with Crippen molar-refractivity contribution in [2.45, 2.75) is 33.1 Å². The first-order chi connectivity index (χ1) is 5.63. The fourth-order valence-corrected chi connectivity index (χ4v) is 1.67. The lowest BCUT2D eigenvalue weighted by Crippen LogP contribution is -1.89. The van der Waals surface area contributed by atoms with Gasteiger partial charge in [0.1, 0.15) is 0 Å². The van der Waals surface area contributed by atoms with Crippen LogP contribution < -0.4 is 0 Å². The lowest BCUT2D eigenvalue weighted by Gasteiger charge is -1.97. The smallest absolute Gasteiger partial charge is 0.0946 e. The summed E-state index contributed by atoms with van der Waals surface area (Å²) >= 11 is 0. The third kappa shape index (κ3) is 1.39. The van der Waals surface area contributed by atoms with E-state index in [0.29, 0.717) is 17.3 Å². The van der Waals surface area contributed by atoms with Gasteiger partial charge in [0.05, 0.1) is 6.07 Å². The van der Waals surface area contributed by atoms with Crippen LogP contribution in [0.2, 0.25) is 0 Å². The third-order valence-electron chi connectivity index (χ3n) is 3.12. The number of hydrogen-bond donors (Lipinski definition) is 0. The van der Waals surface area contributed by atoms with E-state index in [1.807, 2.05) is 0 Å². The summed E-state index contributed by atoms with van der Waals surface area (Å²) in [5, 5.41) is 8.87. The van der Waals surface area contributed by atoms with Crippen molar-refractivity contribution in [3.8, 4) is 6.07 Å². The van der Waals surface area contributed by atoms with Crippen LogP contribution in [0, 0.1) is 28.6 Å². The molecule has 0 amide bonds. The van der Waals surface area contributed by atoms with Crippen LogP contribution in [-0.4, -0.2) is 0 Å². The van der Waals surface area contributed by atoms with Crippen molar-refractivity contribution >= 4 is 0 Å². The Morgan fingerprint density at radius 3 is 2.42 bits per heavy atom. The predicted octanol–water partition coefficient (Wildman–Crippen LogP) is 2.89. The molecule has 0 aromatic rings. The van der Waals surface area contributed by atoms with Gasteiger partial charge in [-0.15, -0.1) is 0 Å². The second-order valence-electron chi connectivity index (χ2n) is 4.81. The Hall–Kier alpha value is -0.770. The van der Waals surface area contributed by atoms with E-state index in [-0.39, 0.29) is 0 Å². The molecular weight excluding hydrogens is 146 g/mol. The van der Waals surface area contributed by atoms with Gasteiger partial charge in [-0.2, -0.15) is 5.26 Å². The topological polar surface area (TPSA) is 23.8 Å². The number of nitriles is 1. The largest absolute Gasteiger partial charge is 0.193 e. The zero-order valence-electron chi connectivity index (χ0n) is 7.80. The maximum absolute atomic E-state index is 8.87. The molecular formula is C11H15N. The van der Waals surface area contributed by atoms with E-state index in [4.69, 9.17) is 5.26 Å². The highest BCUT2D eigenvalue weighted by atomic mass is 14.5. The van der Waals surface area contributed by atoms with E-state index < -0.39 is 0 Å². The maximum atomic E-state index is 8.87. The van der Waals surface area contributed by atoms with Gasteiger partial charge in [0.15, 0.2) is 0 Å². The Bertz CT molecular complexity index is 263. The molecule has 1 unspecified atom stereocenters. The average molecular weight is 161 g/mol.